The average Bonchev–Trinajstić information content (AvgIpc) is 2.93. The van der Waals surface area contributed by atoms with Gasteiger partial charge in [0.1, 0.15) is 12.1 Å². The van der Waals surface area contributed by atoms with Crippen LogP contribution in [0.4, 0.5) is 0 Å². The second-order valence-electron chi connectivity index (χ2n) is 10.5. The highest BCUT2D eigenvalue weighted by atomic mass is 16.5. The number of carbonyl (C=O) groups is 3. The molecule has 2 N–H and O–H groups in total. The molecule has 0 aromatic heterocycles. The standard InChI is InChI=1S/C31H43N3O5/c1-23(2)19-20-29(35)34(28(30(36)32-38)18-12-17-26-13-8-6-9-14-26)33(21-24(3)4)31(37)25(5)39-22-27-15-10-7-11-16-27/h6-17,23-25,28,38H,18-22H2,1-5H3,(H,32,36)/t25-,28+/m1/s1. The van der Waals surface area contributed by atoms with Gasteiger partial charge in [-0.3, -0.25) is 19.6 Å². The number of hydrogen-bond donors (Lipinski definition) is 2. The molecule has 0 bridgehead atoms. The Bertz CT molecular complexity index is 1060. The molecule has 0 aliphatic carbocycles. The zero-order valence-electron chi connectivity index (χ0n) is 23.7. The van der Waals surface area contributed by atoms with Gasteiger partial charge >= 0.3 is 0 Å². The van der Waals surface area contributed by atoms with Crippen LogP contribution in [0.5, 0.6) is 0 Å². The zero-order valence-corrected chi connectivity index (χ0v) is 23.7. The molecule has 0 saturated carbocycles. The van der Waals surface area contributed by atoms with Crippen molar-refractivity contribution in [2.45, 2.75) is 72.6 Å². The van der Waals surface area contributed by atoms with Crippen molar-refractivity contribution in [3.05, 3.63) is 77.9 Å². The fraction of sp³-hybridized carbons (Fsp3) is 0.452. The first-order valence-corrected chi connectivity index (χ1v) is 13.6. The molecule has 2 rings (SSSR count). The van der Waals surface area contributed by atoms with Crippen molar-refractivity contribution in [1.29, 1.82) is 0 Å². The van der Waals surface area contributed by atoms with Crippen LogP contribution in [0.15, 0.2) is 66.7 Å². The van der Waals surface area contributed by atoms with Crippen LogP contribution < -0.4 is 5.48 Å². The van der Waals surface area contributed by atoms with E-state index in [4.69, 9.17) is 4.74 Å². The number of nitrogens with zero attached hydrogens (tertiary/aromatic N) is 2. The molecule has 2 aromatic rings. The monoisotopic (exact) mass is 537 g/mol. The Hall–Kier alpha value is -3.49. The van der Waals surface area contributed by atoms with Gasteiger partial charge in [-0.2, -0.15) is 0 Å². The summed E-state index contributed by atoms with van der Waals surface area (Å²) in [5.41, 5.74) is 3.55. The van der Waals surface area contributed by atoms with Crippen LogP contribution in [-0.4, -0.2) is 51.6 Å². The summed E-state index contributed by atoms with van der Waals surface area (Å²) < 4.78 is 5.89. The van der Waals surface area contributed by atoms with E-state index in [1.807, 2.05) is 94.4 Å². The second kappa shape index (κ2) is 16.5. The summed E-state index contributed by atoms with van der Waals surface area (Å²) >= 11 is 0. The molecule has 8 nitrogen and oxygen atoms in total. The topological polar surface area (TPSA) is 99.2 Å². The number of hydroxylamine groups is 1. The highest BCUT2D eigenvalue weighted by Gasteiger charge is 2.38. The van der Waals surface area contributed by atoms with E-state index < -0.39 is 24.0 Å². The van der Waals surface area contributed by atoms with E-state index in [1.165, 1.54) is 10.0 Å². The lowest BCUT2D eigenvalue weighted by atomic mass is 10.1. The summed E-state index contributed by atoms with van der Waals surface area (Å²) in [6, 6.07) is 17.9. The predicted molar refractivity (Wildman–Crippen MR) is 152 cm³/mol. The zero-order chi connectivity index (χ0) is 28.8. The van der Waals surface area contributed by atoms with Crippen LogP contribution in [0.25, 0.3) is 6.08 Å². The minimum Gasteiger partial charge on any atom is -0.364 e. The fourth-order valence-electron chi connectivity index (χ4n) is 4.00. The normalized spacial score (nSPS) is 12.9. The summed E-state index contributed by atoms with van der Waals surface area (Å²) in [5, 5.41) is 12.2. The number of benzene rings is 2. The van der Waals surface area contributed by atoms with Gasteiger partial charge in [-0.25, -0.2) is 15.5 Å². The maximum atomic E-state index is 13.8. The Balaban J connectivity index is 2.40. The largest absolute Gasteiger partial charge is 0.364 e. The molecule has 0 heterocycles. The van der Waals surface area contributed by atoms with Crippen molar-refractivity contribution in [1.82, 2.24) is 15.5 Å². The molecule has 2 aromatic carbocycles. The van der Waals surface area contributed by atoms with Gasteiger partial charge in [-0.1, -0.05) is 101 Å². The molecule has 8 heteroatoms. The molecule has 0 saturated heterocycles. The van der Waals surface area contributed by atoms with Crippen molar-refractivity contribution >= 4 is 23.8 Å². The molecule has 0 fully saturated rings. The molecule has 3 amide bonds. The van der Waals surface area contributed by atoms with Crippen LogP contribution in [-0.2, 0) is 25.7 Å². The molecule has 0 radical (unpaired) electrons. The average molecular weight is 538 g/mol. The van der Waals surface area contributed by atoms with Gasteiger partial charge in [0, 0.05) is 13.0 Å². The van der Waals surface area contributed by atoms with Crippen molar-refractivity contribution in [2.75, 3.05) is 6.54 Å². The van der Waals surface area contributed by atoms with E-state index in [0.29, 0.717) is 6.42 Å². The molecule has 0 unspecified atom stereocenters. The van der Waals surface area contributed by atoms with Crippen LogP contribution in [0.3, 0.4) is 0 Å². The Kier molecular flexibility index (Phi) is 13.4. The van der Waals surface area contributed by atoms with Crippen LogP contribution in [0, 0.1) is 11.8 Å². The number of ether oxygens (including phenoxy) is 1. The number of nitrogens with one attached hydrogen (secondary N) is 1. The van der Waals surface area contributed by atoms with E-state index in [0.717, 1.165) is 11.1 Å². The molecular formula is C31H43N3O5. The van der Waals surface area contributed by atoms with Gasteiger partial charge in [0.2, 0.25) is 5.91 Å². The van der Waals surface area contributed by atoms with Gasteiger partial charge in [-0.05, 0) is 42.7 Å². The summed E-state index contributed by atoms with van der Waals surface area (Å²) in [4.78, 5) is 40.4. The second-order valence-corrected chi connectivity index (χ2v) is 10.5. The first-order valence-electron chi connectivity index (χ1n) is 13.6. The summed E-state index contributed by atoms with van der Waals surface area (Å²) in [7, 11) is 0. The predicted octanol–water partition coefficient (Wildman–Crippen LogP) is 5.23. The molecular weight excluding hydrogens is 494 g/mol. The van der Waals surface area contributed by atoms with Crippen molar-refractivity contribution < 1.29 is 24.3 Å². The summed E-state index contributed by atoms with van der Waals surface area (Å²) in [5.74, 6) is -1.32. The van der Waals surface area contributed by atoms with E-state index in [9.17, 15) is 19.6 Å². The third kappa shape index (κ3) is 10.7. The van der Waals surface area contributed by atoms with Gasteiger partial charge < -0.3 is 4.74 Å². The quantitative estimate of drug-likeness (QED) is 0.254. The molecule has 39 heavy (non-hydrogen) atoms. The Morgan fingerprint density at radius 1 is 0.923 bits per heavy atom. The smallest absolute Gasteiger partial charge is 0.270 e. The summed E-state index contributed by atoms with van der Waals surface area (Å²) in [6.07, 6.45) is 3.57. The number of carbonyl (C=O) groups excluding carboxylic acids is 3. The summed E-state index contributed by atoms with van der Waals surface area (Å²) in [6.45, 7) is 9.95. The van der Waals surface area contributed by atoms with Crippen molar-refractivity contribution in [3.8, 4) is 0 Å². The van der Waals surface area contributed by atoms with E-state index in [1.54, 1.807) is 18.5 Å². The van der Waals surface area contributed by atoms with Gasteiger partial charge in [0.15, 0.2) is 0 Å². The number of amides is 3. The Morgan fingerprint density at radius 3 is 2.10 bits per heavy atom. The van der Waals surface area contributed by atoms with E-state index in [2.05, 4.69) is 0 Å². The number of hydrogen-bond acceptors (Lipinski definition) is 5. The third-order valence-electron chi connectivity index (χ3n) is 6.11. The van der Waals surface area contributed by atoms with Crippen LogP contribution in [0.2, 0.25) is 0 Å². The highest BCUT2D eigenvalue weighted by Crippen LogP contribution is 2.20. The van der Waals surface area contributed by atoms with Gasteiger partial charge in [-0.15, -0.1) is 0 Å². The van der Waals surface area contributed by atoms with Gasteiger partial charge in [0.25, 0.3) is 11.8 Å². The maximum absolute atomic E-state index is 13.8. The first-order chi connectivity index (χ1) is 18.6. The molecule has 0 aliphatic rings. The number of hydrazine groups is 1. The minimum absolute atomic E-state index is 0.00614. The van der Waals surface area contributed by atoms with E-state index >= 15 is 0 Å². The Labute approximate surface area is 232 Å². The molecule has 0 spiro atoms. The Morgan fingerprint density at radius 2 is 1.54 bits per heavy atom. The number of rotatable bonds is 14. The van der Waals surface area contributed by atoms with Crippen molar-refractivity contribution in [2.24, 2.45) is 11.8 Å². The van der Waals surface area contributed by atoms with Crippen LogP contribution in [0.1, 0.15) is 65.0 Å². The highest BCUT2D eigenvalue weighted by molar-refractivity contribution is 5.90. The minimum atomic E-state index is -1.14. The molecule has 212 valence electrons. The molecule has 0 aliphatic heterocycles. The third-order valence-corrected chi connectivity index (χ3v) is 6.11. The lowest BCUT2D eigenvalue weighted by Crippen LogP contribution is -2.61. The van der Waals surface area contributed by atoms with E-state index in [-0.39, 0.29) is 43.7 Å². The SMILES string of the molecule is CC(C)CCC(=O)N([C@@H](CC=Cc1ccccc1)C(=O)NO)N(CC(C)C)C(=O)[C@@H](C)OCc1ccccc1. The maximum Gasteiger partial charge on any atom is 0.270 e. The lowest BCUT2D eigenvalue weighted by molar-refractivity contribution is -0.181. The van der Waals surface area contributed by atoms with Gasteiger partial charge in [0.05, 0.1) is 6.61 Å². The lowest BCUT2D eigenvalue weighted by Gasteiger charge is -2.41. The van der Waals surface area contributed by atoms with Crippen LogP contribution >= 0.6 is 0 Å². The molecule has 2 atom stereocenters. The fourth-order valence-corrected chi connectivity index (χ4v) is 4.00. The first kappa shape index (κ1) is 31.7. The van der Waals surface area contributed by atoms with Crippen molar-refractivity contribution in [3.63, 3.8) is 0 Å².